The molecule has 2 rings (SSSR count). The van der Waals surface area contributed by atoms with Gasteiger partial charge in [-0.1, -0.05) is 31.9 Å². The van der Waals surface area contributed by atoms with E-state index in [4.69, 9.17) is 4.74 Å². The average molecular weight is 338 g/mol. The molecule has 2 aliphatic rings. The van der Waals surface area contributed by atoms with E-state index in [0.29, 0.717) is 11.1 Å². The largest absolute Gasteiger partial charge is 0.495 e. The van der Waals surface area contributed by atoms with Crippen molar-refractivity contribution < 1.29 is 14.3 Å². The molecule has 0 bridgehead atoms. The summed E-state index contributed by atoms with van der Waals surface area (Å²) < 4.78 is 5.43. The molecule has 1 heterocycles. The smallest absolute Gasteiger partial charge is 0.176 e. The van der Waals surface area contributed by atoms with Crippen LogP contribution in [0.15, 0.2) is 11.8 Å². The van der Waals surface area contributed by atoms with Gasteiger partial charge in [-0.15, -0.1) is 0 Å². The van der Waals surface area contributed by atoms with Crippen LogP contribution in [0.5, 0.6) is 0 Å². The zero-order chi connectivity index (χ0) is 11.0. The molecule has 1 saturated carbocycles. The molecule has 4 atom stereocenters. The highest BCUT2D eigenvalue weighted by molar-refractivity contribution is 9.10. The molecule has 82 valence electrons. The Kier molecular flexibility index (Phi) is 3.30. The van der Waals surface area contributed by atoms with Crippen molar-refractivity contribution in [2.75, 3.05) is 0 Å². The van der Waals surface area contributed by atoms with Crippen molar-refractivity contribution in [3.8, 4) is 0 Å². The Balaban J connectivity index is 2.25. The number of hydrogen-bond donors (Lipinski definition) is 0. The molecule has 1 aliphatic heterocycles. The fourth-order valence-electron chi connectivity index (χ4n) is 2.08. The Bertz CT molecular complexity index is 327. The topological polar surface area (TPSA) is 43.4 Å². The molecule has 5 heteroatoms. The summed E-state index contributed by atoms with van der Waals surface area (Å²) >= 11 is 7.03. The molecule has 0 aromatic carbocycles. The van der Waals surface area contributed by atoms with Gasteiger partial charge in [0, 0.05) is 4.83 Å². The van der Waals surface area contributed by atoms with Crippen LogP contribution in [0.1, 0.15) is 12.8 Å². The van der Waals surface area contributed by atoms with Crippen molar-refractivity contribution in [2.24, 2.45) is 5.92 Å². The number of halogens is 2. The lowest BCUT2D eigenvalue weighted by atomic mass is 9.80. The molecular weight excluding hydrogens is 328 g/mol. The zero-order valence-electron chi connectivity index (χ0n) is 7.86. The van der Waals surface area contributed by atoms with Crippen molar-refractivity contribution in [3.05, 3.63) is 11.8 Å². The van der Waals surface area contributed by atoms with Gasteiger partial charge in [-0.2, -0.15) is 0 Å². The highest BCUT2D eigenvalue weighted by Gasteiger charge is 2.43. The van der Waals surface area contributed by atoms with Crippen LogP contribution in [-0.4, -0.2) is 27.8 Å². The van der Waals surface area contributed by atoms with Crippen LogP contribution in [0.2, 0.25) is 0 Å². The number of allylic oxidation sites excluding steroid dienone is 1. The number of ether oxygens (including phenoxy) is 1. The third-order valence-corrected chi connectivity index (χ3v) is 4.49. The lowest BCUT2D eigenvalue weighted by Gasteiger charge is -2.38. The number of rotatable bonds is 1. The summed E-state index contributed by atoms with van der Waals surface area (Å²) in [7, 11) is 0. The SMILES string of the molecule is O=CC1=COC2C(Br)CC(Br)CC2C1=O. The van der Waals surface area contributed by atoms with E-state index in [0.717, 1.165) is 12.8 Å². The molecule has 4 unspecified atom stereocenters. The van der Waals surface area contributed by atoms with Gasteiger partial charge in [-0.3, -0.25) is 9.59 Å². The van der Waals surface area contributed by atoms with E-state index < -0.39 is 0 Å². The maximum atomic E-state index is 11.9. The summed E-state index contributed by atoms with van der Waals surface area (Å²) in [4.78, 5) is 22.9. The van der Waals surface area contributed by atoms with E-state index in [-0.39, 0.29) is 28.2 Å². The van der Waals surface area contributed by atoms with Gasteiger partial charge in [0.25, 0.3) is 0 Å². The number of carbonyl (C=O) groups excluding carboxylic acids is 2. The van der Waals surface area contributed by atoms with Gasteiger partial charge in [0.1, 0.15) is 6.10 Å². The fourth-order valence-corrected chi connectivity index (χ4v) is 4.33. The second-order valence-electron chi connectivity index (χ2n) is 3.85. The maximum Gasteiger partial charge on any atom is 0.176 e. The lowest BCUT2D eigenvalue weighted by Crippen LogP contribution is -2.46. The number of fused-ring (bicyclic) bond motifs is 1. The number of carbonyl (C=O) groups is 2. The highest BCUT2D eigenvalue weighted by atomic mass is 79.9. The van der Waals surface area contributed by atoms with Crippen LogP contribution in [0.4, 0.5) is 0 Å². The quantitative estimate of drug-likeness (QED) is 0.417. The molecule has 0 aromatic rings. The van der Waals surface area contributed by atoms with Crippen LogP contribution in [-0.2, 0) is 14.3 Å². The zero-order valence-corrected chi connectivity index (χ0v) is 11.0. The third-order valence-electron chi connectivity index (χ3n) is 2.84. The third kappa shape index (κ3) is 2.04. The summed E-state index contributed by atoms with van der Waals surface area (Å²) in [5, 5.41) is 0. The summed E-state index contributed by atoms with van der Waals surface area (Å²) in [6.07, 6.45) is 3.39. The number of Topliss-reactive ketones (excluding diaryl/α,β-unsaturated/α-hetero) is 1. The van der Waals surface area contributed by atoms with E-state index in [1.54, 1.807) is 0 Å². The first-order chi connectivity index (χ1) is 7.13. The normalized spacial score (nSPS) is 40.1. The standard InChI is InChI=1S/C10H10Br2O3/c11-6-1-7-9(14)5(3-13)4-15-10(7)8(12)2-6/h3-4,6-8,10H,1-2H2. The van der Waals surface area contributed by atoms with Crippen molar-refractivity contribution in [1.82, 2.24) is 0 Å². The van der Waals surface area contributed by atoms with Gasteiger partial charge in [0.15, 0.2) is 12.1 Å². The predicted octanol–water partition coefficient (Wildman–Crippen LogP) is 1.97. The molecule has 0 spiro atoms. The second-order valence-corrected chi connectivity index (χ2v) is 6.32. The van der Waals surface area contributed by atoms with E-state index in [9.17, 15) is 9.59 Å². The lowest BCUT2D eigenvalue weighted by molar-refractivity contribution is -0.127. The highest BCUT2D eigenvalue weighted by Crippen LogP contribution is 2.38. The molecular formula is C10H10Br2O3. The molecule has 15 heavy (non-hydrogen) atoms. The first-order valence-electron chi connectivity index (χ1n) is 4.76. The van der Waals surface area contributed by atoms with Crippen molar-refractivity contribution in [3.63, 3.8) is 0 Å². The van der Waals surface area contributed by atoms with Crippen molar-refractivity contribution >= 4 is 43.9 Å². The van der Waals surface area contributed by atoms with Crippen LogP contribution < -0.4 is 0 Å². The van der Waals surface area contributed by atoms with Crippen LogP contribution in [0.25, 0.3) is 0 Å². The minimum atomic E-state index is -0.197. The van der Waals surface area contributed by atoms with E-state index in [1.807, 2.05) is 0 Å². The Hall–Kier alpha value is -0.160. The molecule has 1 fully saturated rings. The minimum absolute atomic E-state index is 0.0881. The van der Waals surface area contributed by atoms with Crippen LogP contribution in [0, 0.1) is 5.92 Å². The predicted molar refractivity (Wildman–Crippen MR) is 62.2 cm³/mol. The van der Waals surface area contributed by atoms with Gasteiger partial charge in [-0.25, -0.2) is 0 Å². The van der Waals surface area contributed by atoms with Crippen LogP contribution >= 0.6 is 31.9 Å². The molecule has 0 aromatic heterocycles. The molecule has 3 nitrogen and oxygen atoms in total. The van der Waals surface area contributed by atoms with Crippen molar-refractivity contribution in [2.45, 2.75) is 28.6 Å². The summed E-state index contributed by atoms with van der Waals surface area (Å²) in [6, 6.07) is 0. The Morgan fingerprint density at radius 2 is 2.13 bits per heavy atom. The van der Waals surface area contributed by atoms with E-state index in [2.05, 4.69) is 31.9 Å². The van der Waals surface area contributed by atoms with E-state index >= 15 is 0 Å². The van der Waals surface area contributed by atoms with E-state index in [1.165, 1.54) is 6.26 Å². The number of hydrogen-bond acceptors (Lipinski definition) is 3. The molecule has 0 amide bonds. The number of alkyl halides is 2. The van der Waals surface area contributed by atoms with Crippen molar-refractivity contribution in [1.29, 1.82) is 0 Å². The van der Waals surface area contributed by atoms with Gasteiger partial charge in [-0.05, 0) is 12.8 Å². The Morgan fingerprint density at radius 1 is 1.40 bits per heavy atom. The molecule has 0 radical (unpaired) electrons. The number of aldehydes is 1. The van der Waals surface area contributed by atoms with Gasteiger partial charge >= 0.3 is 0 Å². The first-order valence-corrected chi connectivity index (χ1v) is 6.59. The first kappa shape index (κ1) is 11.3. The van der Waals surface area contributed by atoms with Crippen LogP contribution in [0.3, 0.4) is 0 Å². The summed E-state index contributed by atoms with van der Waals surface area (Å²) in [5.74, 6) is -0.285. The minimum Gasteiger partial charge on any atom is -0.495 e. The second kappa shape index (κ2) is 4.37. The van der Waals surface area contributed by atoms with Gasteiger partial charge < -0.3 is 4.74 Å². The maximum absolute atomic E-state index is 11.9. The average Bonchev–Trinajstić information content (AvgIpc) is 2.19. The molecule has 0 saturated heterocycles. The number of ketones is 1. The molecule has 1 aliphatic carbocycles. The summed E-state index contributed by atoms with van der Waals surface area (Å²) in [6.45, 7) is 0. The Labute approximate surface area is 104 Å². The molecule has 0 N–H and O–H groups in total. The Morgan fingerprint density at radius 3 is 2.80 bits per heavy atom. The van der Waals surface area contributed by atoms with Gasteiger partial charge in [0.05, 0.1) is 22.6 Å². The summed E-state index contributed by atoms with van der Waals surface area (Å²) in [5.41, 5.74) is 0.151. The monoisotopic (exact) mass is 336 g/mol. The van der Waals surface area contributed by atoms with Gasteiger partial charge in [0.2, 0.25) is 0 Å². The fraction of sp³-hybridized carbons (Fsp3) is 0.600.